The van der Waals surface area contributed by atoms with Gasteiger partial charge in [-0.25, -0.2) is 9.78 Å². The second kappa shape index (κ2) is 5.46. The Kier molecular flexibility index (Phi) is 3.96. The van der Waals surface area contributed by atoms with Crippen molar-refractivity contribution in [3.05, 3.63) is 16.1 Å². The molecule has 0 saturated carbocycles. The van der Waals surface area contributed by atoms with E-state index in [1.54, 1.807) is 16.2 Å². The van der Waals surface area contributed by atoms with E-state index in [1.165, 1.54) is 4.88 Å². The average Bonchev–Trinajstić information content (AvgIpc) is 2.73. The first-order valence-corrected chi connectivity index (χ1v) is 6.71. The van der Waals surface area contributed by atoms with Gasteiger partial charge in [0.1, 0.15) is 0 Å². The van der Waals surface area contributed by atoms with E-state index in [1.807, 2.05) is 12.4 Å². The minimum absolute atomic E-state index is 0.304. The summed E-state index contributed by atoms with van der Waals surface area (Å²) in [7, 11) is 0. The number of carbonyl (C=O) groups is 1. The maximum Gasteiger partial charge on any atom is 0.314 e. The van der Waals surface area contributed by atoms with Gasteiger partial charge in [0.05, 0.1) is 11.2 Å². The Morgan fingerprint density at radius 2 is 2.35 bits per heavy atom. The van der Waals surface area contributed by atoms with Crippen molar-refractivity contribution >= 4 is 17.4 Å². The Balaban J connectivity index is 1.75. The zero-order chi connectivity index (χ0) is 12.3. The first kappa shape index (κ1) is 12.3. The number of thiazole rings is 1. The molecule has 2 heterocycles. The zero-order valence-electron chi connectivity index (χ0n) is 9.98. The SMILES string of the molecule is Cc1ncsc1CNC1CCN(C(N)=O)CC1. The number of urea groups is 1. The summed E-state index contributed by atoms with van der Waals surface area (Å²) in [5, 5.41) is 3.52. The summed E-state index contributed by atoms with van der Waals surface area (Å²) in [5.41, 5.74) is 8.23. The molecule has 0 bridgehead atoms. The molecular formula is C11H18N4OS. The van der Waals surface area contributed by atoms with Gasteiger partial charge in [-0.1, -0.05) is 0 Å². The highest BCUT2D eigenvalue weighted by Crippen LogP contribution is 2.14. The summed E-state index contributed by atoms with van der Waals surface area (Å²) >= 11 is 1.69. The van der Waals surface area contributed by atoms with Crippen LogP contribution in [0.4, 0.5) is 4.79 Å². The second-order valence-corrected chi connectivity index (χ2v) is 5.28. The second-order valence-electron chi connectivity index (χ2n) is 4.34. The van der Waals surface area contributed by atoms with Gasteiger partial charge < -0.3 is 16.0 Å². The number of nitrogens with one attached hydrogen (secondary N) is 1. The third kappa shape index (κ3) is 3.17. The third-order valence-electron chi connectivity index (χ3n) is 3.20. The molecule has 1 fully saturated rings. The smallest absolute Gasteiger partial charge is 0.314 e. The summed E-state index contributed by atoms with van der Waals surface area (Å²) in [6.07, 6.45) is 1.95. The normalized spacial score (nSPS) is 17.4. The van der Waals surface area contributed by atoms with Crippen molar-refractivity contribution in [3.8, 4) is 0 Å². The molecule has 3 N–H and O–H groups in total. The molecule has 6 heteroatoms. The number of piperidine rings is 1. The van der Waals surface area contributed by atoms with Crippen molar-refractivity contribution in [2.24, 2.45) is 5.73 Å². The average molecular weight is 254 g/mol. The molecule has 1 aliphatic rings. The van der Waals surface area contributed by atoms with Crippen molar-refractivity contribution in [2.45, 2.75) is 32.4 Å². The summed E-state index contributed by atoms with van der Waals surface area (Å²) in [4.78, 5) is 18.2. The van der Waals surface area contributed by atoms with Crippen LogP contribution in [0, 0.1) is 6.92 Å². The minimum Gasteiger partial charge on any atom is -0.351 e. The molecular weight excluding hydrogens is 236 g/mol. The molecule has 5 nitrogen and oxygen atoms in total. The van der Waals surface area contributed by atoms with Gasteiger partial charge in [-0.05, 0) is 19.8 Å². The van der Waals surface area contributed by atoms with E-state index in [2.05, 4.69) is 10.3 Å². The number of hydrogen-bond acceptors (Lipinski definition) is 4. The van der Waals surface area contributed by atoms with Crippen molar-refractivity contribution in [3.63, 3.8) is 0 Å². The number of rotatable bonds is 3. The summed E-state index contributed by atoms with van der Waals surface area (Å²) in [5.74, 6) is 0. The van der Waals surface area contributed by atoms with Crippen LogP contribution in [0.25, 0.3) is 0 Å². The quantitative estimate of drug-likeness (QED) is 0.848. The fourth-order valence-electron chi connectivity index (χ4n) is 2.04. The highest BCUT2D eigenvalue weighted by atomic mass is 32.1. The lowest BCUT2D eigenvalue weighted by molar-refractivity contribution is 0.185. The van der Waals surface area contributed by atoms with Gasteiger partial charge in [0.15, 0.2) is 0 Å². The number of likely N-dealkylation sites (tertiary alicyclic amines) is 1. The number of carbonyl (C=O) groups excluding carboxylic acids is 1. The van der Waals surface area contributed by atoms with Crippen LogP contribution in [-0.4, -0.2) is 35.0 Å². The van der Waals surface area contributed by atoms with Crippen molar-refractivity contribution < 1.29 is 4.79 Å². The van der Waals surface area contributed by atoms with Gasteiger partial charge in [0.2, 0.25) is 0 Å². The van der Waals surface area contributed by atoms with Crippen molar-refractivity contribution in [1.29, 1.82) is 0 Å². The third-order valence-corrected chi connectivity index (χ3v) is 4.14. The largest absolute Gasteiger partial charge is 0.351 e. The fourth-order valence-corrected chi connectivity index (χ4v) is 2.76. The number of primary amides is 1. The molecule has 1 aliphatic heterocycles. The van der Waals surface area contributed by atoms with Crippen molar-refractivity contribution in [2.75, 3.05) is 13.1 Å². The monoisotopic (exact) mass is 254 g/mol. The summed E-state index contributed by atoms with van der Waals surface area (Å²) in [6.45, 7) is 4.42. The molecule has 0 radical (unpaired) electrons. The first-order valence-electron chi connectivity index (χ1n) is 5.83. The van der Waals surface area contributed by atoms with Crippen molar-refractivity contribution in [1.82, 2.24) is 15.2 Å². The highest BCUT2D eigenvalue weighted by Gasteiger charge is 2.20. The Morgan fingerprint density at radius 3 is 2.88 bits per heavy atom. The highest BCUT2D eigenvalue weighted by molar-refractivity contribution is 7.09. The predicted octanol–water partition coefficient (Wildman–Crippen LogP) is 1.08. The molecule has 1 aromatic heterocycles. The van der Waals surface area contributed by atoms with Crippen LogP contribution in [0.15, 0.2) is 5.51 Å². The van der Waals surface area contributed by atoms with Gasteiger partial charge >= 0.3 is 6.03 Å². The van der Waals surface area contributed by atoms with Crippen LogP contribution in [-0.2, 0) is 6.54 Å². The van der Waals surface area contributed by atoms with Crippen LogP contribution < -0.4 is 11.1 Å². The number of nitrogens with two attached hydrogens (primary N) is 1. The molecule has 1 saturated heterocycles. The predicted molar refractivity (Wildman–Crippen MR) is 67.9 cm³/mol. The molecule has 0 aliphatic carbocycles. The van der Waals surface area contributed by atoms with E-state index in [0.29, 0.717) is 6.04 Å². The van der Waals surface area contributed by atoms with E-state index < -0.39 is 0 Å². The lowest BCUT2D eigenvalue weighted by Crippen LogP contribution is -2.46. The van der Waals surface area contributed by atoms with E-state index in [0.717, 1.165) is 38.2 Å². The Bertz CT molecular complexity index is 385. The number of aromatic nitrogens is 1. The van der Waals surface area contributed by atoms with Gasteiger partial charge in [0.25, 0.3) is 0 Å². The lowest BCUT2D eigenvalue weighted by atomic mass is 10.1. The van der Waals surface area contributed by atoms with Crippen LogP contribution >= 0.6 is 11.3 Å². The molecule has 0 aromatic carbocycles. The molecule has 94 valence electrons. The van der Waals surface area contributed by atoms with Crippen LogP contribution in [0.3, 0.4) is 0 Å². The minimum atomic E-state index is -0.304. The fraction of sp³-hybridized carbons (Fsp3) is 0.636. The molecule has 1 aromatic rings. The van der Waals surface area contributed by atoms with Gasteiger partial charge in [-0.15, -0.1) is 11.3 Å². The molecule has 17 heavy (non-hydrogen) atoms. The van der Waals surface area contributed by atoms with E-state index in [4.69, 9.17) is 5.73 Å². The number of amides is 2. The maximum absolute atomic E-state index is 11.0. The van der Waals surface area contributed by atoms with Gasteiger partial charge in [-0.2, -0.15) is 0 Å². The topological polar surface area (TPSA) is 71.2 Å². The number of hydrogen-bond donors (Lipinski definition) is 2. The lowest BCUT2D eigenvalue weighted by Gasteiger charge is -2.31. The Hall–Kier alpha value is -1.14. The standard InChI is InChI=1S/C11H18N4OS/c1-8-10(17-7-14-8)6-13-9-2-4-15(5-3-9)11(12)16/h7,9,13H,2-6H2,1H3,(H2,12,16). The van der Waals surface area contributed by atoms with Gasteiger partial charge in [-0.3, -0.25) is 0 Å². The summed E-state index contributed by atoms with van der Waals surface area (Å²) < 4.78 is 0. The Morgan fingerprint density at radius 1 is 1.65 bits per heavy atom. The maximum atomic E-state index is 11.0. The summed E-state index contributed by atoms with van der Waals surface area (Å²) in [6, 6.07) is 0.175. The van der Waals surface area contributed by atoms with E-state index in [-0.39, 0.29) is 6.03 Å². The molecule has 2 rings (SSSR count). The van der Waals surface area contributed by atoms with Gasteiger partial charge in [0, 0.05) is 30.6 Å². The first-order chi connectivity index (χ1) is 8.16. The number of aryl methyl sites for hydroxylation is 1. The van der Waals surface area contributed by atoms with Crippen LogP contribution in [0.2, 0.25) is 0 Å². The van der Waals surface area contributed by atoms with Crippen LogP contribution in [0.1, 0.15) is 23.4 Å². The molecule has 0 unspecified atom stereocenters. The molecule has 2 amide bonds. The Labute approximate surface area is 105 Å². The molecule has 0 atom stereocenters. The van der Waals surface area contributed by atoms with E-state index in [9.17, 15) is 4.79 Å². The van der Waals surface area contributed by atoms with E-state index >= 15 is 0 Å². The zero-order valence-corrected chi connectivity index (χ0v) is 10.8. The number of nitrogens with zero attached hydrogens (tertiary/aromatic N) is 2. The van der Waals surface area contributed by atoms with Crippen LogP contribution in [0.5, 0.6) is 0 Å². The molecule has 0 spiro atoms.